The van der Waals surface area contributed by atoms with Gasteiger partial charge in [0.15, 0.2) is 0 Å². The number of benzene rings is 4. The van der Waals surface area contributed by atoms with Gasteiger partial charge in [-0.2, -0.15) is 5.26 Å². The third-order valence-corrected chi connectivity index (χ3v) is 7.90. The predicted octanol–water partition coefficient (Wildman–Crippen LogP) is 6.84. The van der Waals surface area contributed by atoms with Crippen LogP contribution in [0.5, 0.6) is 0 Å². The van der Waals surface area contributed by atoms with Gasteiger partial charge >= 0.3 is 17.9 Å². The van der Waals surface area contributed by atoms with E-state index in [0.29, 0.717) is 0 Å². The molecule has 0 aliphatic heterocycles. The van der Waals surface area contributed by atoms with Crippen molar-refractivity contribution in [3.63, 3.8) is 0 Å². The maximum atomic E-state index is 13.5. The molecule has 0 unspecified atom stereocenters. The molecule has 200 valence electrons. The van der Waals surface area contributed by atoms with E-state index in [0.717, 1.165) is 16.7 Å². The van der Waals surface area contributed by atoms with Crippen molar-refractivity contribution in [2.75, 3.05) is 0 Å². The van der Waals surface area contributed by atoms with E-state index < -0.39 is 17.9 Å². The number of esters is 3. The van der Waals surface area contributed by atoms with Gasteiger partial charge in [0.05, 0.1) is 22.3 Å². The molecule has 0 aliphatic carbocycles. The van der Waals surface area contributed by atoms with Crippen LogP contribution in [0.2, 0.25) is 0 Å². The second-order valence-corrected chi connectivity index (χ2v) is 10.6. The Kier molecular flexibility index (Phi) is 10.3. The monoisotopic (exact) mass is 757 g/mol. The number of hydrogen-bond acceptors (Lipinski definition) is 7. The van der Waals surface area contributed by atoms with Crippen LogP contribution >= 0.6 is 45.2 Å². The van der Waals surface area contributed by atoms with E-state index in [9.17, 15) is 19.6 Å². The number of rotatable bonds is 9. The Labute approximate surface area is 258 Å². The molecule has 9 heteroatoms. The Morgan fingerprint density at radius 1 is 0.550 bits per heavy atom. The van der Waals surface area contributed by atoms with E-state index in [1.165, 1.54) is 0 Å². The Morgan fingerprint density at radius 3 is 1.23 bits per heavy atom. The number of carbonyl (C=O) groups excluding carboxylic acids is 3. The molecule has 0 radical (unpaired) electrons. The van der Waals surface area contributed by atoms with Crippen molar-refractivity contribution >= 4 is 63.1 Å². The quantitative estimate of drug-likeness (QED) is 0.105. The Balaban J connectivity index is 1.73. The van der Waals surface area contributed by atoms with Crippen LogP contribution in [0, 0.1) is 18.5 Å². The molecule has 0 aliphatic rings. The number of nitrogens with zero attached hydrogens (tertiary/aromatic N) is 1. The van der Waals surface area contributed by atoms with E-state index in [1.807, 2.05) is 60.7 Å². The zero-order valence-corrected chi connectivity index (χ0v) is 25.2. The molecule has 0 N–H and O–H groups in total. The van der Waals surface area contributed by atoms with Crippen LogP contribution in [0.1, 0.15) is 53.3 Å². The predicted molar refractivity (Wildman–Crippen MR) is 163 cm³/mol. The van der Waals surface area contributed by atoms with Crippen LogP contribution in [0.25, 0.3) is 0 Å². The summed E-state index contributed by atoms with van der Waals surface area (Å²) in [6.07, 6.45) is 0. The molecule has 4 rings (SSSR count). The van der Waals surface area contributed by atoms with Crippen molar-refractivity contribution in [1.82, 2.24) is 0 Å². The SMILES string of the molecule is N#Cc1c(I)c(C(=O)OCc2ccccc2)c(C(=O)OCc2ccccc2)c(I)c1C(=O)OCc1ccccc1. The minimum absolute atomic E-state index is 0.0359. The minimum Gasteiger partial charge on any atom is -0.457 e. The lowest BCUT2D eigenvalue weighted by Gasteiger charge is -2.18. The average molecular weight is 757 g/mol. The van der Waals surface area contributed by atoms with Crippen LogP contribution in [-0.4, -0.2) is 17.9 Å². The summed E-state index contributed by atoms with van der Waals surface area (Å²) < 4.78 is 16.7. The summed E-state index contributed by atoms with van der Waals surface area (Å²) in [6.45, 7) is -0.141. The Bertz CT molecular complexity index is 1570. The van der Waals surface area contributed by atoms with E-state index in [1.54, 1.807) is 81.6 Å². The molecule has 0 heterocycles. The average Bonchev–Trinajstić information content (AvgIpc) is 2.99. The van der Waals surface area contributed by atoms with Crippen molar-refractivity contribution in [3.8, 4) is 6.07 Å². The lowest BCUT2D eigenvalue weighted by Crippen LogP contribution is -2.22. The smallest absolute Gasteiger partial charge is 0.340 e. The van der Waals surface area contributed by atoms with Gasteiger partial charge in [0, 0.05) is 7.14 Å². The topological polar surface area (TPSA) is 103 Å². The van der Waals surface area contributed by atoms with Gasteiger partial charge in [0.25, 0.3) is 0 Å². The highest BCUT2D eigenvalue weighted by atomic mass is 127. The van der Waals surface area contributed by atoms with E-state index >= 15 is 0 Å². The number of halogens is 2. The number of carbonyl (C=O) groups is 3. The fraction of sp³-hybridized carbons (Fsp3) is 0.0968. The van der Waals surface area contributed by atoms with Gasteiger partial charge in [-0.3, -0.25) is 0 Å². The summed E-state index contributed by atoms with van der Waals surface area (Å²) in [7, 11) is 0. The van der Waals surface area contributed by atoms with Crippen molar-refractivity contribution in [2.45, 2.75) is 19.8 Å². The van der Waals surface area contributed by atoms with Crippen LogP contribution < -0.4 is 0 Å². The summed E-state index contributed by atoms with van der Waals surface area (Å²) in [5, 5.41) is 10.0. The molecule has 0 spiro atoms. The number of ether oxygens (including phenoxy) is 3. The summed E-state index contributed by atoms with van der Waals surface area (Å²) in [5.74, 6) is -2.46. The van der Waals surface area contributed by atoms with Crippen molar-refractivity contribution < 1.29 is 28.6 Å². The summed E-state index contributed by atoms with van der Waals surface area (Å²) in [6, 6.07) is 29.2. The van der Waals surface area contributed by atoms with E-state index in [-0.39, 0.29) is 49.2 Å². The van der Waals surface area contributed by atoms with Gasteiger partial charge < -0.3 is 14.2 Å². The highest BCUT2D eigenvalue weighted by molar-refractivity contribution is 14.1. The first kappa shape index (κ1) is 29.2. The highest BCUT2D eigenvalue weighted by Gasteiger charge is 2.34. The van der Waals surface area contributed by atoms with Crippen LogP contribution in [0.15, 0.2) is 91.0 Å². The maximum Gasteiger partial charge on any atom is 0.340 e. The van der Waals surface area contributed by atoms with Gasteiger partial charge in [-0.15, -0.1) is 0 Å². The first-order valence-corrected chi connectivity index (χ1v) is 14.1. The lowest BCUT2D eigenvalue weighted by atomic mass is 9.98. The van der Waals surface area contributed by atoms with Crippen LogP contribution in [0.4, 0.5) is 0 Å². The second-order valence-electron chi connectivity index (χ2n) is 8.42. The first-order chi connectivity index (χ1) is 19.4. The molecule has 0 atom stereocenters. The van der Waals surface area contributed by atoms with Gasteiger partial charge in [-0.05, 0) is 61.9 Å². The highest BCUT2D eigenvalue weighted by Crippen LogP contribution is 2.33. The summed E-state index contributed by atoms with van der Waals surface area (Å²) in [4.78, 5) is 40.1. The number of nitriles is 1. The molecule has 0 bridgehead atoms. The minimum atomic E-state index is -0.834. The van der Waals surface area contributed by atoms with Gasteiger partial charge in [0.1, 0.15) is 25.9 Å². The van der Waals surface area contributed by atoms with Crippen molar-refractivity contribution in [3.05, 3.63) is 137 Å². The van der Waals surface area contributed by atoms with Crippen molar-refractivity contribution in [2.24, 2.45) is 0 Å². The molecule has 4 aromatic rings. The largest absolute Gasteiger partial charge is 0.457 e. The molecule has 0 fully saturated rings. The normalized spacial score (nSPS) is 10.3. The molecule has 0 amide bonds. The zero-order valence-electron chi connectivity index (χ0n) is 20.9. The van der Waals surface area contributed by atoms with Gasteiger partial charge in [0.2, 0.25) is 0 Å². The standard InChI is InChI=1S/C31H21I2NO6/c32-27-23(16-34)24(29(35)38-17-20-10-4-1-5-11-20)28(33)26(31(37)40-19-22-14-8-3-9-15-22)25(27)30(36)39-18-21-12-6-2-7-13-21/h1-15H,17-19H2. The van der Waals surface area contributed by atoms with E-state index in [2.05, 4.69) is 0 Å². The fourth-order valence-electron chi connectivity index (χ4n) is 3.75. The number of hydrogen-bond donors (Lipinski definition) is 0. The van der Waals surface area contributed by atoms with Crippen LogP contribution in [-0.2, 0) is 34.0 Å². The van der Waals surface area contributed by atoms with Gasteiger partial charge in [-0.1, -0.05) is 91.0 Å². The summed E-state index contributed by atoms with van der Waals surface area (Å²) in [5.41, 5.74) is 1.73. The molecule has 0 aromatic heterocycles. The van der Waals surface area contributed by atoms with Crippen molar-refractivity contribution in [1.29, 1.82) is 5.26 Å². The lowest BCUT2D eigenvalue weighted by molar-refractivity contribution is 0.0420. The Hall–Kier alpha value is -3.76. The Morgan fingerprint density at radius 2 is 0.875 bits per heavy atom. The zero-order chi connectivity index (χ0) is 28.5. The molecular weight excluding hydrogens is 736 g/mol. The molecule has 0 saturated carbocycles. The van der Waals surface area contributed by atoms with E-state index in [4.69, 9.17) is 14.2 Å². The molecule has 7 nitrogen and oxygen atoms in total. The molecule has 40 heavy (non-hydrogen) atoms. The van der Waals surface area contributed by atoms with Crippen LogP contribution in [0.3, 0.4) is 0 Å². The molecule has 4 aromatic carbocycles. The first-order valence-electron chi connectivity index (χ1n) is 12.0. The third kappa shape index (κ3) is 7.05. The second kappa shape index (κ2) is 14.0. The summed E-state index contributed by atoms with van der Waals surface area (Å²) >= 11 is 3.56. The van der Waals surface area contributed by atoms with Gasteiger partial charge in [-0.25, -0.2) is 14.4 Å². The molecular formula is C31H21I2NO6. The third-order valence-electron chi connectivity index (χ3n) is 5.74. The fourth-order valence-corrected chi connectivity index (χ4v) is 5.61. The maximum absolute atomic E-state index is 13.5. The molecule has 0 saturated heterocycles.